The lowest BCUT2D eigenvalue weighted by molar-refractivity contribution is -0.129. The Labute approximate surface area is 164 Å². The molecule has 9 heteroatoms. The van der Waals surface area contributed by atoms with Crippen molar-refractivity contribution in [1.82, 2.24) is 9.79 Å². The maximum Gasteiger partial charge on any atom is 0.244 e. The van der Waals surface area contributed by atoms with E-state index < -0.39 is 15.9 Å². The number of rotatable bonds is 9. The molecule has 2 aromatic rings. The third kappa shape index (κ3) is 5.70. The van der Waals surface area contributed by atoms with Crippen LogP contribution in [0.3, 0.4) is 0 Å². The summed E-state index contributed by atoms with van der Waals surface area (Å²) < 4.78 is 32.4. The number of methoxy groups -OCH3 is 1. The number of thiol groups is 1. The molecule has 0 fully saturated rings. The fraction of sp³-hybridized carbons (Fsp3) is 0.278. The number of nitrogens with zero attached hydrogens (tertiary/aromatic N) is 1. The molecule has 0 aliphatic rings. The normalized spacial score (nSPS) is 12.6. The molecule has 1 amide bonds. The smallest absolute Gasteiger partial charge is 0.244 e. The summed E-state index contributed by atoms with van der Waals surface area (Å²) in [5, 5.41) is 8.31. The molecule has 0 saturated carbocycles. The highest BCUT2D eigenvalue weighted by Gasteiger charge is 2.27. The Kier molecular flexibility index (Phi) is 7.66. The number of sulfonamides is 1. The molecule has 0 heterocycles. The monoisotopic (exact) mass is 410 g/mol. The van der Waals surface area contributed by atoms with E-state index in [4.69, 9.17) is 9.94 Å². The third-order valence-electron chi connectivity index (χ3n) is 3.97. The Bertz CT molecular complexity index is 842. The number of hydrogen-bond donors (Lipinski definition) is 3. The molecular formula is C18H22N2O5S2. The lowest BCUT2D eigenvalue weighted by atomic mass is 10.1. The quantitative estimate of drug-likeness (QED) is 0.335. The van der Waals surface area contributed by atoms with Gasteiger partial charge in [0.2, 0.25) is 15.9 Å². The van der Waals surface area contributed by atoms with Gasteiger partial charge in [-0.25, -0.2) is 13.9 Å². The van der Waals surface area contributed by atoms with Gasteiger partial charge in [-0.15, -0.1) is 0 Å². The molecule has 7 nitrogen and oxygen atoms in total. The summed E-state index contributed by atoms with van der Waals surface area (Å²) in [6.45, 7) is -0.0230. The minimum atomic E-state index is -3.87. The van der Waals surface area contributed by atoms with E-state index in [0.29, 0.717) is 5.75 Å². The van der Waals surface area contributed by atoms with E-state index in [1.807, 2.05) is 30.3 Å². The van der Waals surface area contributed by atoms with Crippen molar-refractivity contribution in [2.24, 2.45) is 0 Å². The summed E-state index contributed by atoms with van der Waals surface area (Å²) in [5.41, 5.74) is 2.38. The van der Waals surface area contributed by atoms with Gasteiger partial charge in [-0.05, 0) is 29.8 Å². The summed E-state index contributed by atoms with van der Waals surface area (Å²) in [7, 11) is -2.37. The van der Waals surface area contributed by atoms with Gasteiger partial charge in [-0.2, -0.15) is 16.9 Å². The van der Waals surface area contributed by atoms with Crippen molar-refractivity contribution in [2.45, 2.75) is 16.6 Å². The van der Waals surface area contributed by atoms with Gasteiger partial charge in [0.05, 0.1) is 12.0 Å². The zero-order chi connectivity index (χ0) is 19.9. The number of carbonyl (C=O) groups is 1. The first-order valence-electron chi connectivity index (χ1n) is 8.18. The van der Waals surface area contributed by atoms with E-state index in [1.54, 1.807) is 12.1 Å². The summed E-state index contributed by atoms with van der Waals surface area (Å²) >= 11 is 4.53. The highest BCUT2D eigenvalue weighted by molar-refractivity contribution is 7.89. The van der Waals surface area contributed by atoms with Gasteiger partial charge in [-0.3, -0.25) is 10.0 Å². The fourth-order valence-corrected chi connectivity index (χ4v) is 4.40. The summed E-state index contributed by atoms with van der Waals surface area (Å²) in [6.07, 6.45) is -0.179. The Morgan fingerprint density at radius 2 is 1.81 bits per heavy atom. The van der Waals surface area contributed by atoms with Crippen LogP contribution in [0.4, 0.5) is 0 Å². The highest BCUT2D eigenvalue weighted by atomic mass is 32.2. The van der Waals surface area contributed by atoms with Crippen molar-refractivity contribution < 1.29 is 23.2 Å². The van der Waals surface area contributed by atoms with E-state index >= 15 is 0 Å². The lowest BCUT2D eigenvalue weighted by Gasteiger charge is -2.25. The molecule has 1 atom stereocenters. The molecule has 2 rings (SSSR count). The van der Waals surface area contributed by atoms with Crippen LogP contribution in [0.2, 0.25) is 0 Å². The topological polar surface area (TPSA) is 95.9 Å². The summed E-state index contributed by atoms with van der Waals surface area (Å²) in [5.74, 6) is -0.128. The van der Waals surface area contributed by atoms with Crippen molar-refractivity contribution in [3.8, 4) is 5.75 Å². The van der Waals surface area contributed by atoms with Crippen molar-refractivity contribution in [3.63, 3.8) is 0 Å². The van der Waals surface area contributed by atoms with Crippen LogP contribution < -0.4 is 10.2 Å². The average molecular weight is 411 g/mol. The van der Waals surface area contributed by atoms with Crippen LogP contribution in [0.25, 0.3) is 0 Å². The van der Waals surface area contributed by atoms with Crippen molar-refractivity contribution in [1.29, 1.82) is 0 Å². The van der Waals surface area contributed by atoms with Gasteiger partial charge in [0, 0.05) is 24.8 Å². The molecule has 0 saturated heterocycles. The minimum absolute atomic E-state index is 0.0696. The van der Waals surface area contributed by atoms with E-state index in [0.717, 1.165) is 5.56 Å². The van der Waals surface area contributed by atoms with Crippen molar-refractivity contribution in [3.05, 3.63) is 60.2 Å². The molecule has 2 aromatic carbocycles. The number of hydroxylamine groups is 1. The first-order chi connectivity index (χ1) is 12.9. The highest BCUT2D eigenvalue weighted by Crippen LogP contribution is 2.26. The number of benzene rings is 2. The van der Waals surface area contributed by atoms with Gasteiger partial charge in [0.1, 0.15) is 5.75 Å². The predicted octanol–water partition coefficient (Wildman–Crippen LogP) is 2.25. The zero-order valence-corrected chi connectivity index (χ0v) is 16.5. The minimum Gasteiger partial charge on any atom is -0.497 e. The molecule has 0 aliphatic carbocycles. The molecule has 1 unspecified atom stereocenters. The molecule has 0 spiro atoms. The molecule has 0 aliphatic heterocycles. The third-order valence-corrected chi connectivity index (χ3v) is 6.31. The number of hydrogen-bond acceptors (Lipinski definition) is 6. The van der Waals surface area contributed by atoms with E-state index in [2.05, 4.69) is 12.6 Å². The SMILES string of the molecule is COc1ccc(S(=O)(=O)N(CCC(=O)NO)CC(S)c2ccccc2)cc1. The molecule has 146 valence electrons. The van der Waals surface area contributed by atoms with E-state index in [1.165, 1.54) is 29.0 Å². The second-order valence-corrected chi connectivity index (χ2v) is 8.31. The van der Waals surface area contributed by atoms with Gasteiger partial charge in [0.25, 0.3) is 0 Å². The van der Waals surface area contributed by atoms with Crippen LogP contribution in [0.5, 0.6) is 5.75 Å². The Morgan fingerprint density at radius 3 is 2.37 bits per heavy atom. The second-order valence-electron chi connectivity index (χ2n) is 5.75. The number of ether oxygens (including phenoxy) is 1. The van der Waals surface area contributed by atoms with Gasteiger partial charge in [0.15, 0.2) is 0 Å². The molecule has 27 heavy (non-hydrogen) atoms. The number of amides is 1. The largest absolute Gasteiger partial charge is 0.497 e. The first-order valence-corrected chi connectivity index (χ1v) is 10.1. The van der Waals surface area contributed by atoms with Crippen LogP contribution in [0, 0.1) is 0 Å². The second kappa shape index (κ2) is 9.75. The summed E-state index contributed by atoms with van der Waals surface area (Å²) in [6, 6.07) is 15.3. The molecule has 2 N–H and O–H groups in total. The fourth-order valence-electron chi connectivity index (χ4n) is 2.46. The summed E-state index contributed by atoms with van der Waals surface area (Å²) in [4.78, 5) is 11.5. The Morgan fingerprint density at radius 1 is 1.19 bits per heavy atom. The Balaban J connectivity index is 2.27. The van der Waals surface area contributed by atoms with Gasteiger partial charge >= 0.3 is 0 Å². The van der Waals surface area contributed by atoms with Gasteiger partial charge < -0.3 is 4.74 Å². The van der Waals surface area contributed by atoms with E-state index in [9.17, 15) is 13.2 Å². The maximum atomic E-state index is 13.1. The molecule has 0 radical (unpaired) electrons. The van der Waals surface area contributed by atoms with Crippen LogP contribution in [-0.4, -0.2) is 44.0 Å². The Hall–Kier alpha value is -2.07. The number of nitrogens with one attached hydrogen (secondary N) is 1. The maximum absolute atomic E-state index is 13.1. The predicted molar refractivity (Wildman–Crippen MR) is 104 cm³/mol. The van der Waals surface area contributed by atoms with Crippen LogP contribution >= 0.6 is 12.6 Å². The lowest BCUT2D eigenvalue weighted by Crippen LogP contribution is -2.36. The van der Waals surface area contributed by atoms with Crippen molar-refractivity contribution >= 4 is 28.6 Å². The first kappa shape index (κ1) is 21.2. The number of carbonyl (C=O) groups excluding carboxylic acids is 1. The van der Waals surface area contributed by atoms with Crippen LogP contribution in [-0.2, 0) is 14.8 Å². The molecule has 0 bridgehead atoms. The van der Waals surface area contributed by atoms with Gasteiger partial charge in [-0.1, -0.05) is 30.3 Å². The molecular weight excluding hydrogens is 388 g/mol. The van der Waals surface area contributed by atoms with Crippen molar-refractivity contribution in [2.75, 3.05) is 20.2 Å². The van der Waals surface area contributed by atoms with E-state index in [-0.39, 0.29) is 29.7 Å². The van der Waals surface area contributed by atoms with Crippen LogP contribution in [0.1, 0.15) is 17.2 Å². The molecule has 0 aromatic heterocycles. The zero-order valence-electron chi connectivity index (χ0n) is 14.8. The average Bonchev–Trinajstić information content (AvgIpc) is 2.71. The van der Waals surface area contributed by atoms with Crippen LogP contribution in [0.15, 0.2) is 59.5 Å². The standard InChI is InChI=1S/C18H22N2O5S2/c1-25-15-7-9-16(10-8-15)27(23,24)20(12-11-18(21)19-22)13-17(26)14-5-3-2-4-6-14/h2-10,17,22,26H,11-13H2,1H3,(H,19,21).